The topological polar surface area (TPSA) is 58.6 Å². The van der Waals surface area contributed by atoms with E-state index < -0.39 is 0 Å². The molecule has 0 spiro atoms. The smallest absolute Gasteiger partial charge is 0.321 e. The highest BCUT2D eigenvalue weighted by Gasteiger charge is 2.16. The average molecular weight is 485 g/mol. The van der Waals surface area contributed by atoms with Gasteiger partial charge in [0.05, 0.1) is 0 Å². The number of esters is 1. The number of nitrogens with one attached hydrogen (secondary N) is 1. The number of urea groups is 1. The molecule has 0 saturated heterocycles. The van der Waals surface area contributed by atoms with Gasteiger partial charge in [-0.3, -0.25) is 9.69 Å². The number of ether oxygens (including phenoxy) is 1. The summed E-state index contributed by atoms with van der Waals surface area (Å²) in [6.07, 6.45) is 8.98. The molecule has 34 heavy (non-hydrogen) atoms. The van der Waals surface area contributed by atoms with E-state index in [-0.39, 0.29) is 12.0 Å². The van der Waals surface area contributed by atoms with Crippen molar-refractivity contribution in [3.8, 4) is 5.75 Å². The molecule has 0 aliphatic carbocycles. The summed E-state index contributed by atoms with van der Waals surface area (Å²) in [6.45, 7) is 7.69. The van der Waals surface area contributed by atoms with E-state index in [9.17, 15) is 9.59 Å². The number of hydrogen-bond donors (Lipinski definition) is 1. The van der Waals surface area contributed by atoms with Crippen LogP contribution in [0.25, 0.3) is 0 Å². The van der Waals surface area contributed by atoms with Crippen LogP contribution >= 0.6 is 11.8 Å². The normalized spacial score (nSPS) is 10.7. The van der Waals surface area contributed by atoms with Crippen molar-refractivity contribution < 1.29 is 14.3 Å². The van der Waals surface area contributed by atoms with Crippen LogP contribution in [0.2, 0.25) is 0 Å². The molecule has 0 heterocycles. The molecule has 2 rings (SSSR count). The van der Waals surface area contributed by atoms with Gasteiger partial charge in [-0.25, -0.2) is 4.79 Å². The molecule has 2 aromatic carbocycles. The molecule has 0 unspecified atom stereocenters. The summed E-state index contributed by atoms with van der Waals surface area (Å²) in [4.78, 5) is 28.7. The van der Waals surface area contributed by atoms with Crippen LogP contribution in [0.15, 0.2) is 58.3 Å². The van der Waals surface area contributed by atoms with Gasteiger partial charge >= 0.3 is 12.0 Å². The fraction of sp³-hybridized carbons (Fsp3) is 0.500. The molecule has 0 atom stereocenters. The van der Waals surface area contributed by atoms with E-state index in [0.717, 1.165) is 47.6 Å². The zero-order valence-corrected chi connectivity index (χ0v) is 21.8. The van der Waals surface area contributed by atoms with Crippen molar-refractivity contribution in [2.45, 2.75) is 88.3 Å². The molecule has 6 heteroatoms. The number of unbranched alkanes of at least 4 members (excludes halogenated alkanes) is 5. The lowest BCUT2D eigenvalue weighted by Gasteiger charge is -2.24. The van der Waals surface area contributed by atoms with Crippen molar-refractivity contribution in [2.24, 2.45) is 0 Å². The molecule has 0 saturated carbocycles. The summed E-state index contributed by atoms with van der Waals surface area (Å²) in [5.41, 5.74) is 0.903. The number of anilines is 1. The molecule has 186 valence electrons. The second kappa shape index (κ2) is 16.2. The Morgan fingerprint density at radius 3 is 2.29 bits per heavy atom. The van der Waals surface area contributed by atoms with Crippen molar-refractivity contribution in [3.63, 3.8) is 0 Å². The Hall–Kier alpha value is -2.47. The predicted octanol–water partition coefficient (Wildman–Crippen LogP) is 7.83. The Bertz CT molecular complexity index is 887. The first kappa shape index (κ1) is 27.8. The van der Waals surface area contributed by atoms with Crippen LogP contribution in [0.4, 0.5) is 10.5 Å². The Labute approximate surface area is 209 Å². The lowest BCUT2D eigenvalue weighted by Crippen LogP contribution is -2.41. The standard InChI is InChI=1S/C28H40N2O3S/c1-4-7-9-10-11-20-30(28(32)29-19-8-5-2)23-15-12-17-25(21-23)34-26-18-13-16-24(22-26)33-27(31)14-6-3/h12-13,15-18,21-22H,4-11,14,19-20H2,1-3H3,(H,29,32). The van der Waals surface area contributed by atoms with Gasteiger partial charge < -0.3 is 10.1 Å². The third-order valence-corrected chi connectivity index (χ3v) is 6.37. The molecule has 0 aliphatic rings. The molecule has 0 fully saturated rings. The van der Waals surface area contributed by atoms with Gasteiger partial charge in [-0.1, -0.05) is 76.8 Å². The minimum absolute atomic E-state index is 0.0316. The van der Waals surface area contributed by atoms with E-state index in [0.29, 0.717) is 25.3 Å². The average Bonchev–Trinajstić information content (AvgIpc) is 2.82. The van der Waals surface area contributed by atoms with Crippen LogP contribution in [0.1, 0.15) is 78.6 Å². The Morgan fingerprint density at radius 2 is 1.56 bits per heavy atom. The molecule has 2 amide bonds. The Balaban J connectivity index is 2.11. The SMILES string of the molecule is CCCCCCCN(C(=O)NCCCC)c1cccc(Sc2cccc(OC(=O)CCC)c2)c1. The minimum Gasteiger partial charge on any atom is -0.426 e. The first-order chi connectivity index (χ1) is 16.6. The highest BCUT2D eigenvalue weighted by atomic mass is 32.2. The molecule has 1 N–H and O–H groups in total. The van der Waals surface area contributed by atoms with Crippen molar-refractivity contribution in [1.29, 1.82) is 0 Å². The van der Waals surface area contributed by atoms with Gasteiger partial charge in [0.2, 0.25) is 0 Å². The number of carbonyl (C=O) groups excluding carboxylic acids is 2. The zero-order chi connectivity index (χ0) is 24.6. The van der Waals surface area contributed by atoms with E-state index in [1.54, 1.807) is 17.8 Å². The first-order valence-electron chi connectivity index (χ1n) is 12.7. The van der Waals surface area contributed by atoms with Crippen LogP contribution in [0.3, 0.4) is 0 Å². The third kappa shape index (κ3) is 10.2. The van der Waals surface area contributed by atoms with Gasteiger partial charge in [0, 0.05) is 35.0 Å². The zero-order valence-electron chi connectivity index (χ0n) is 21.0. The summed E-state index contributed by atoms with van der Waals surface area (Å²) in [7, 11) is 0. The minimum atomic E-state index is -0.213. The molecule has 0 aromatic heterocycles. The summed E-state index contributed by atoms with van der Waals surface area (Å²) >= 11 is 1.59. The maximum absolute atomic E-state index is 13.0. The molecular formula is C28H40N2O3S. The third-order valence-electron chi connectivity index (χ3n) is 5.39. The van der Waals surface area contributed by atoms with Crippen LogP contribution in [-0.4, -0.2) is 25.1 Å². The van der Waals surface area contributed by atoms with Gasteiger partial charge in [-0.15, -0.1) is 0 Å². The largest absolute Gasteiger partial charge is 0.426 e. The van der Waals surface area contributed by atoms with Crippen LogP contribution in [0.5, 0.6) is 5.75 Å². The second-order valence-corrected chi connectivity index (χ2v) is 9.60. The Kier molecular flexibility index (Phi) is 13.2. The summed E-state index contributed by atoms with van der Waals surface area (Å²) in [5.74, 6) is 0.346. The van der Waals surface area contributed by atoms with Gasteiger partial charge in [0.15, 0.2) is 0 Å². The number of hydrogen-bond acceptors (Lipinski definition) is 4. The summed E-state index contributed by atoms with van der Waals surface area (Å²) in [6, 6.07) is 15.6. The number of amides is 2. The lowest BCUT2D eigenvalue weighted by molar-refractivity contribution is -0.134. The van der Waals surface area contributed by atoms with Crippen molar-refractivity contribution in [1.82, 2.24) is 5.32 Å². The number of benzene rings is 2. The fourth-order valence-corrected chi connectivity index (χ4v) is 4.45. The number of rotatable bonds is 15. The maximum atomic E-state index is 13.0. The summed E-state index contributed by atoms with van der Waals surface area (Å²) < 4.78 is 5.43. The number of carbonyl (C=O) groups is 2. The van der Waals surface area contributed by atoms with Gasteiger partial charge in [0.25, 0.3) is 0 Å². The lowest BCUT2D eigenvalue weighted by atomic mass is 10.1. The van der Waals surface area contributed by atoms with E-state index in [2.05, 4.69) is 25.2 Å². The quantitative estimate of drug-likeness (QED) is 0.159. The molecule has 0 bridgehead atoms. The van der Waals surface area contributed by atoms with Crippen LogP contribution < -0.4 is 15.0 Å². The second-order valence-electron chi connectivity index (χ2n) is 8.45. The van der Waals surface area contributed by atoms with E-state index in [1.165, 1.54) is 19.3 Å². The monoisotopic (exact) mass is 484 g/mol. The van der Waals surface area contributed by atoms with E-state index >= 15 is 0 Å². The van der Waals surface area contributed by atoms with Gasteiger partial charge in [-0.2, -0.15) is 0 Å². The van der Waals surface area contributed by atoms with Crippen LogP contribution in [-0.2, 0) is 4.79 Å². The predicted molar refractivity (Wildman–Crippen MR) is 142 cm³/mol. The van der Waals surface area contributed by atoms with Crippen molar-refractivity contribution in [2.75, 3.05) is 18.0 Å². The molecule has 2 aromatic rings. The molecular weight excluding hydrogens is 444 g/mol. The van der Waals surface area contributed by atoms with E-state index in [1.807, 2.05) is 48.2 Å². The van der Waals surface area contributed by atoms with Crippen molar-refractivity contribution in [3.05, 3.63) is 48.5 Å². The Morgan fingerprint density at radius 1 is 0.853 bits per heavy atom. The maximum Gasteiger partial charge on any atom is 0.321 e. The fourth-order valence-electron chi connectivity index (χ4n) is 3.53. The highest BCUT2D eigenvalue weighted by Crippen LogP contribution is 2.32. The molecule has 0 radical (unpaired) electrons. The highest BCUT2D eigenvalue weighted by molar-refractivity contribution is 7.99. The molecule has 5 nitrogen and oxygen atoms in total. The van der Waals surface area contributed by atoms with Gasteiger partial charge in [0.1, 0.15) is 5.75 Å². The first-order valence-corrected chi connectivity index (χ1v) is 13.5. The van der Waals surface area contributed by atoms with Crippen molar-refractivity contribution >= 4 is 29.4 Å². The van der Waals surface area contributed by atoms with E-state index in [4.69, 9.17) is 4.74 Å². The van der Waals surface area contributed by atoms with Gasteiger partial charge in [-0.05, 0) is 55.7 Å². The number of nitrogens with zero attached hydrogens (tertiary/aromatic N) is 1. The van der Waals surface area contributed by atoms with Crippen LogP contribution in [0, 0.1) is 0 Å². The molecule has 0 aliphatic heterocycles. The summed E-state index contributed by atoms with van der Waals surface area (Å²) in [5, 5.41) is 3.07.